The number of benzene rings is 2. The molecule has 27 heavy (non-hydrogen) atoms. The van der Waals surface area contributed by atoms with Crippen LogP contribution in [0.2, 0.25) is 0 Å². The summed E-state index contributed by atoms with van der Waals surface area (Å²) in [7, 11) is 0. The molecule has 1 aliphatic rings. The lowest BCUT2D eigenvalue weighted by atomic mass is 10.1. The topological polar surface area (TPSA) is 35.6 Å². The highest BCUT2D eigenvalue weighted by Crippen LogP contribution is 2.17. The van der Waals surface area contributed by atoms with E-state index in [1.807, 2.05) is 44.2 Å². The van der Waals surface area contributed by atoms with Gasteiger partial charge in [-0.3, -0.25) is 9.69 Å². The molecule has 0 unspecified atom stereocenters. The van der Waals surface area contributed by atoms with Crippen LogP contribution < -0.4 is 10.2 Å². The van der Waals surface area contributed by atoms with E-state index in [1.165, 1.54) is 17.7 Å². The molecule has 5 heteroatoms. The fraction of sp³-hybridized carbons (Fsp3) is 0.409. The van der Waals surface area contributed by atoms with Crippen LogP contribution in [0.1, 0.15) is 27.9 Å². The molecule has 1 N–H and O–H groups in total. The number of rotatable bonds is 6. The first-order valence-corrected chi connectivity index (χ1v) is 9.61. The molecular weight excluding hydrogens is 341 g/mol. The lowest BCUT2D eigenvalue weighted by molar-refractivity contribution is 0.0951. The van der Waals surface area contributed by atoms with Gasteiger partial charge in [0.1, 0.15) is 5.82 Å². The third-order valence-corrected chi connectivity index (χ3v) is 5.13. The van der Waals surface area contributed by atoms with E-state index in [4.69, 9.17) is 0 Å². The van der Waals surface area contributed by atoms with Crippen LogP contribution in [0.15, 0.2) is 42.5 Å². The molecule has 144 valence electrons. The van der Waals surface area contributed by atoms with E-state index in [2.05, 4.69) is 15.1 Å². The van der Waals surface area contributed by atoms with Gasteiger partial charge in [-0.2, -0.15) is 0 Å². The van der Waals surface area contributed by atoms with Crippen molar-refractivity contribution in [1.82, 2.24) is 10.2 Å². The van der Waals surface area contributed by atoms with E-state index in [1.54, 1.807) is 0 Å². The molecule has 0 aliphatic carbocycles. The van der Waals surface area contributed by atoms with Gasteiger partial charge in [0, 0.05) is 44.0 Å². The van der Waals surface area contributed by atoms with Crippen molar-refractivity contribution in [1.29, 1.82) is 0 Å². The smallest absolute Gasteiger partial charge is 0.251 e. The zero-order valence-corrected chi connectivity index (χ0v) is 16.2. The van der Waals surface area contributed by atoms with Crippen molar-refractivity contribution in [3.8, 4) is 0 Å². The second kappa shape index (κ2) is 9.00. The van der Waals surface area contributed by atoms with Gasteiger partial charge in [-0.25, -0.2) is 4.39 Å². The molecule has 2 aromatic carbocycles. The summed E-state index contributed by atoms with van der Waals surface area (Å²) in [6.45, 7) is 9.54. The molecule has 0 saturated carbocycles. The molecule has 2 aromatic rings. The predicted octanol–water partition coefficient (Wildman–Crippen LogP) is 3.38. The van der Waals surface area contributed by atoms with Crippen LogP contribution in [0.4, 0.5) is 10.1 Å². The molecule has 0 radical (unpaired) electrons. The molecule has 0 spiro atoms. The molecular formula is C22H28FN3O. The van der Waals surface area contributed by atoms with Gasteiger partial charge < -0.3 is 10.2 Å². The van der Waals surface area contributed by atoms with Crippen molar-refractivity contribution in [2.24, 2.45) is 0 Å². The zero-order valence-electron chi connectivity index (χ0n) is 16.2. The van der Waals surface area contributed by atoms with Gasteiger partial charge in [-0.15, -0.1) is 0 Å². The van der Waals surface area contributed by atoms with E-state index in [9.17, 15) is 9.18 Å². The summed E-state index contributed by atoms with van der Waals surface area (Å²) in [5, 5.41) is 3.03. The summed E-state index contributed by atoms with van der Waals surface area (Å²) in [5.41, 5.74) is 4.03. The minimum Gasteiger partial charge on any atom is -0.369 e. The molecule has 1 fully saturated rings. The van der Waals surface area contributed by atoms with Gasteiger partial charge in [0.15, 0.2) is 0 Å². The Bertz CT molecular complexity index is 768. The second-order valence-corrected chi connectivity index (χ2v) is 7.23. The van der Waals surface area contributed by atoms with Gasteiger partial charge in [-0.05, 0) is 62.7 Å². The largest absolute Gasteiger partial charge is 0.369 e. The number of aryl methyl sites for hydroxylation is 2. The second-order valence-electron chi connectivity index (χ2n) is 7.23. The Morgan fingerprint density at radius 2 is 1.74 bits per heavy atom. The van der Waals surface area contributed by atoms with E-state index in [0.717, 1.165) is 56.0 Å². The van der Waals surface area contributed by atoms with Gasteiger partial charge in [0.25, 0.3) is 5.91 Å². The lowest BCUT2D eigenvalue weighted by Gasteiger charge is -2.36. The third kappa shape index (κ3) is 5.30. The molecule has 0 bridgehead atoms. The van der Waals surface area contributed by atoms with E-state index >= 15 is 0 Å². The van der Waals surface area contributed by atoms with E-state index in [-0.39, 0.29) is 11.7 Å². The van der Waals surface area contributed by atoms with E-state index in [0.29, 0.717) is 6.54 Å². The van der Waals surface area contributed by atoms with Crippen LogP contribution >= 0.6 is 0 Å². The summed E-state index contributed by atoms with van der Waals surface area (Å²) < 4.78 is 13.0. The number of hydrogen-bond donors (Lipinski definition) is 1. The average molecular weight is 369 g/mol. The fourth-order valence-corrected chi connectivity index (χ4v) is 3.55. The Kier molecular flexibility index (Phi) is 6.45. The Balaban J connectivity index is 1.37. The number of piperazine rings is 1. The van der Waals surface area contributed by atoms with Gasteiger partial charge in [0.2, 0.25) is 0 Å². The maximum absolute atomic E-state index is 13.0. The predicted molar refractivity (Wildman–Crippen MR) is 108 cm³/mol. The molecule has 1 saturated heterocycles. The summed E-state index contributed by atoms with van der Waals surface area (Å²) in [5.74, 6) is -0.186. The van der Waals surface area contributed by atoms with Crippen molar-refractivity contribution >= 4 is 11.6 Å². The Morgan fingerprint density at radius 3 is 2.41 bits per heavy atom. The first-order valence-electron chi connectivity index (χ1n) is 9.61. The highest BCUT2D eigenvalue weighted by atomic mass is 19.1. The number of nitrogens with one attached hydrogen (secondary N) is 1. The van der Waals surface area contributed by atoms with Gasteiger partial charge in [0.05, 0.1) is 0 Å². The molecule has 1 amide bonds. The van der Waals surface area contributed by atoms with Crippen LogP contribution in [0.25, 0.3) is 0 Å². The van der Waals surface area contributed by atoms with Crippen LogP contribution in [0.3, 0.4) is 0 Å². The maximum Gasteiger partial charge on any atom is 0.251 e. The van der Waals surface area contributed by atoms with Crippen molar-refractivity contribution in [2.75, 3.05) is 44.2 Å². The molecule has 3 rings (SSSR count). The molecule has 0 atom stereocenters. The average Bonchev–Trinajstić information content (AvgIpc) is 2.66. The van der Waals surface area contributed by atoms with Gasteiger partial charge >= 0.3 is 0 Å². The van der Waals surface area contributed by atoms with Crippen molar-refractivity contribution in [3.05, 3.63) is 65.0 Å². The number of carbonyl (C=O) groups is 1. The first kappa shape index (κ1) is 19.4. The standard InChI is InChI=1S/C22H28FN3O/c1-17-4-9-21(18(2)16-17)22(27)24-10-3-11-25-12-14-26(15-13-25)20-7-5-19(23)6-8-20/h4-9,16H,3,10-15H2,1-2H3,(H,24,27). The minimum atomic E-state index is -0.194. The number of hydrogen-bond acceptors (Lipinski definition) is 3. The summed E-state index contributed by atoms with van der Waals surface area (Å²) in [6.07, 6.45) is 0.938. The quantitative estimate of drug-likeness (QED) is 0.793. The molecule has 1 heterocycles. The van der Waals surface area contributed by atoms with Crippen LogP contribution in [-0.2, 0) is 0 Å². The van der Waals surface area contributed by atoms with Gasteiger partial charge in [-0.1, -0.05) is 17.7 Å². The summed E-state index contributed by atoms with van der Waals surface area (Å²) in [4.78, 5) is 17.0. The highest BCUT2D eigenvalue weighted by molar-refractivity contribution is 5.95. The molecule has 4 nitrogen and oxygen atoms in total. The Hall–Kier alpha value is -2.40. The number of anilines is 1. The third-order valence-electron chi connectivity index (χ3n) is 5.13. The number of nitrogens with zero attached hydrogens (tertiary/aromatic N) is 2. The highest BCUT2D eigenvalue weighted by Gasteiger charge is 2.17. The molecule has 0 aromatic heterocycles. The van der Waals surface area contributed by atoms with Crippen molar-refractivity contribution in [3.63, 3.8) is 0 Å². The minimum absolute atomic E-state index is 0.00799. The van der Waals surface area contributed by atoms with Crippen molar-refractivity contribution in [2.45, 2.75) is 20.3 Å². The maximum atomic E-state index is 13.0. The lowest BCUT2D eigenvalue weighted by Crippen LogP contribution is -2.47. The number of halogens is 1. The number of amides is 1. The van der Waals surface area contributed by atoms with Crippen LogP contribution in [-0.4, -0.2) is 50.1 Å². The zero-order chi connectivity index (χ0) is 19.2. The summed E-state index contributed by atoms with van der Waals surface area (Å²) >= 11 is 0. The number of carbonyl (C=O) groups excluding carboxylic acids is 1. The Morgan fingerprint density at radius 1 is 1.04 bits per heavy atom. The van der Waals surface area contributed by atoms with Crippen molar-refractivity contribution < 1.29 is 9.18 Å². The summed E-state index contributed by atoms with van der Waals surface area (Å²) in [6, 6.07) is 12.6. The fourth-order valence-electron chi connectivity index (χ4n) is 3.55. The monoisotopic (exact) mass is 369 g/mol. The first-order chi connectivity index (χ1) is 13.0. The van der Waals surface area contributed by atoms with E-state index < -0.39 is 0 Å². The molecule has 1 aliphatic heterocycles. The normalized spacial score (nSPS) is 15.0. The van der Waals surface area contributed by atoms with Crippen LogP contribution in [0, 0.1) is 19.7 Å². The Labute approximate surface area is 161 Å². The van der Waals surface area contributed by atoms with Crippen LogP contribution in [0.5, 0.6) is 0 Å². The SMILES string of the molecule is Cc1ccc(C(=O)NCCCN2CCN(c3ccc(F)cc3)CC2)c(C)c1.